The molecule has 0 unspecified atom stereocenters. The molecule has 2 rings (SSSR count). The Balaban J connectivity index is 1.92. The van der Waals surface area contributed by atoms with Crippen molar-refractivity contribution in [1.29, 1.82) is 0 Å². The molecule has 0 radical (unpaired) electrons. The number of para-hydroxylation sites is 1. The largest absolute Gasteiger partial charge is 0.418 e. The number of alkyl halides is 3. The molecule has 0 bridgehead atoms. The van der Waals surface area contributed by atoms with Crippen LogP contribution in [0.1, 0.15) is 31.2 Å². The molecule has 4 nitrogen and oxygen atoms in total. The highest BCUT2D eigenvalue weighted by Gasteiger charge is 2.33. The van der Waals surface area contributed by atoms with Crippen LogP contribution >= 0.6 is 0 Å². The third kappa shape index (κ3) is 4.37. The minimum Gasteiger partial charge on any atom is -0.393 e. The van der Waals surface area contributed by atoms with Crippen LogP contribution in [0, 0.1) is 5.92 Å². The zero-order valence-corrected chi connectivity index (χ0v) is 12.0. The molecule has 0 aromatic heterocycles. The van der Waals surface area contributed by atoms with Crippen LogP contribution in [0.5, 0.6) is 0 Å². The number of rotatable bonds is 3. The smallest absolute Gasteiger partial charge is 0.393 e. The first-order chi connectivity index (χ1) is 10.4. The van der Waals surface area contributed by atoms with E-state index < -0.39 is 23.9 Å². The number of nitrogens with one attached hydrogen (secondary N) is 2. The Morgan fingerprint density at radius 2 is 1.91 bits per heavy atom. The zero-order chi connectivity index (χ0) is 16.2. The van der Waals surface area contributed by atoms with Gasteiger partial charge in [0.05, 0.1) is 17.4 Å². The van der Waals surface area contributed by atoms with E-state index in [-0.39, 0.29) is 18.2 Å². The van der Waals surface area contributed by atoms with E-state index in [1.54, 1.807) is 0 Å². The molecule has 22 heavy (non-hydrogen) atoms. The van der Waals surface area contributed by atoms with E-state index in [2.05, 4.69) is 10.6 Å². The van der Waals surface area contributed by atoms with Gasteiger partial charge in [-0.25, -0.2) is 4.79 Å². The van der Waals surface area contributed by atoms with Gasteiger partial charge in [0.2, 0.25) is 0 Å². The number of aliphatic hydroxyl groups excluding tert-OH is 1. The predicted molar refractivity (Wildman–Crippen MR) is 76.4 cm³/mol. The second-order valence-corrected chi connectivity index (χ2v) is 5.49. The quantitative estimate of drug-likeness (QED) is 0.800. The summed E-state index contributed by atoms with van der Waals surface area (Å²) in [6.45, 7) is 0.251. The number of halogens is 3. The Morgan fingerprint density at radius 1 is 1.23 bits per heavy atom. The van der Waals surface area contributed by atoms with E-state index >= 15 is 0 Å². The van der Waals surface area contributed by atoms with Crippen molar-refractivity contribution in [2.24, 2.45) is 5.92 Å². The molecule has 1 fully saturated rings. The third-order valence-electron chi connectivity index (χ3n) is 3.87. The first-order valence-electron chi connectivity index (χ1n) is 7.27. The molecule has 1 aliphatic carbocycles. The number of aliphatic hydroxyl groups is 1. The second kappa shape index (κ2) is 7.00. The minimum absolute atomic E-state index is 0.0441. The molecular formula is C15H19F3N2O2. The summed E-state index contributed by atoms with van der Waals surface area (Å²) in [6.07, 6.45) is -1.53. The van der Waals surface area contributed by atoms with Gasteiger partial charge in [-0.2, -0.15) is 13.2 Å². The first-order valence-corrected chi connectivity index (χ1v) is 7.27. The summed E-state index contributed by atoms with van der Waals surface area (Å²) in [6, 6.07) is 4.12. The summed E-state index contributed by atoms with van der Waals surface area (Å²) in [7, 11) is 0. The van der Waals surface area contributed by atoms with Crippen LogP contribution in [0.2, 0.25) is 0 Å². The molecule has 122 valence electrons. The zero-order valence-electron chi connectivity index (χ0n) is 12.0. The van der Waals surface area contributed by atoms with Gasteiger partial charge < -0.3 is 15.7 Å². The molecule has 2 atom stereocenters. The molecular weight excluding hydrogens is 297 g/mol. The topological polar surface area (TPSA) is 61.4 Å². The van der Waals surface area contributed by atoms with Crippen molar-refractivity contribution in [3.05, 3.63) is 29.8 Å². The van der Waals surface area contributed by atoms with E-state index in [0.717, 1.165) is 25.3 Å². The van der Waals surface area contributed by atoms with Crippen LogP contribution in [-0.2, 0) is 6.18 Å². The average Bonchev–Trinajstić information content (AvgIpc) is 2.46. The molecule has 0 aliphatic heterocycles. The van der Waals surface area contributed by atoms with E-state index in [0.29, 0.717) is 6.42 Å². The molecule has 1 aromatic carbocycles. The number of carbonyl (C=O) groups excluding carboxylic acids is 1. The van der Waals surface area contributed by atoms with Crippen molar-refractivity contribution in [1.82, 2.24) is 5.32 Å². The summed E-state index contributed by atoms with van der Waals surface area (Å²) in [4.78, 5) is 11.8. The number of hydrogen-bond donors (Lipinski definition) is 3. The molecule has 1 aromatic rings. The number of benzene rings is 1. The van der Waals surface area contributed by atoms with Gasteiger partial charge >= 0.3 is 12.2 Å². The highest BCUT2D eigenvalue weighted by atomic mass is 19.4. The third-order valence-corrected chi connectivity index (χ3v) is 3.87. The van der Waals surface area contributed by atoms with Crippen LogP contribution in [0.4, 0.5) is 23.7 Å². The predicted octanol–water partition coefficient (Wildman–Crippen LogP) is 3.38. The lowest BCUT2D eigenvalue weighted by atomic mass is 9.86. The van der Waals surface area contributed by atoms with Gasteiger partial charge in [0.25, 0.3) is 0 Å². The van der Waals surface area contributed by atoms with Crippen molar-refractivity contribution in [3.63, 3.8) is 0 Å². The van der Waals surface area contributed by atoms with Crippen molar-refractivity contribution in [2.75, 3.05) is 11.9 Å². The normalized spacial score (nSPS) is 22.2. The van der Waals surface area contributed by atoms with E-state index in [4.69, 9.17) is 0 Å². The second-order valence-electron chi connectivity index (χ2n) is 5.49. The van der Waals surface area contributed by atoms with E-state index in [1.165, 1.54) is 18.2 Å². The molecule has 7 heteroatoms. The highest BCUT2D eigenvalue weighted by molar-refractivity contribution is 5.90. The lowest BCUT2D eigenvalue weighted by Gasteiger charge is -2.27. The van der Waals surface area contributed by atoms with Crippen molar-refractivity contribution < 1.29 is 23.1 Å². The van der Waals surface area contributed by atoms with Gasteiger partial charge in [0.1, 0.15) is 0 Å². The fourth-order valence-electron chi connectivity index (χ4n) is 2.66. The van der Waals surface area contributed by atoms with Crippen LogP contribution in [0.15, 0.2) is 24.3 Å². The average molecular weight is 316 g/mol. The summed E-state index contributed by atoms with van der Waals surface area (Å²) >= 11 is 0. The standard InChI is InChI=1S/C15H19F3N2O2/c16-15(17,18)11-6-2-3-7-12(11)20-14(22)19-9-10-5-1-4-8-13(10)21/h2-3,6-7,10,13,21H,1,4-5,8-9H2,(H2,19,20,22)/t10-,13-/m1/s1. The summed E-state index contributed by atoms with van der Waals surface area (Å²) in [5, 5.41) is 14.6. The summed E-state index contributed by atoms with van der Waals surface area (Å²) in [5.74, 6) is -0.0441. The molecule has 1 aliphatic rings. The molecule has 3 N–H and O–H groups in total. The van der Waals surface area contributed by atoms with Gasteiger partial charge in [-0.3, -0.25) is 0 Å². The number of hydrogen-bond acceptors (Lipinski definition) is 2. The fourth-order valence-corrected chi connectivity index (χ4v) is 2.66. The van der Waals surface area contributed by atoms with Gasteiger partial charge in [-0.15, -0.1) is 0 Å². The number of carbonyl (C=O) groups is 1. The molecule has 0 spiro atoms. The molecule has 2 amide bonds. The molecule has 0 saturated heterocycles. The number of anilines is 1. The molecule has 1 saturated carbocycles. The fraction of sp³-hybridized carbons (Fsp3) is 0.533. The van der Waals surface area contributed by atoms with Crippen molar-refractivity contribution in [3.8, 4) is 0 Å². The van der Waals surface area contributed by atoms with Gasteiger partial charge in [-0.05, 0) is 25.0 Å². The van der Waals surface area contributed by atoms with Crippen LogP contribution < -0.4 is 10.6 Å². The maximum Gasteiger partial charge on any atom is 0.418 e. The Bertz CT molecular complexity index is 520. The van der Waals surface area contributed by atoms with Gasteiger partial charge in [0.15, 0.2) is 0 Å². The maximum atomic E-state index is 12.8. The van der Waals surface area contributed by atoms with Gasteiger partial charge in [0, 0.05) is 12.5 Å². The number of amides is 2. The highest BCUT2D eigenvalue weighted by Crippen LogP contribution is 2.34. The molecule has 0 heterocycles. The first kappa shape index (κ1) is 16.6. The van der Waals surface area contributed by atoms with Gasteiger partial charge in [-0.1, -0.05) is 25.0 Å². The van der Waals surface area contributed by atoms with Crippen molar-refractivity contribution in [2.45, 2.75) is 38.0 Å². The summed E-state index contributed by atoms with van der Waals surface area (Å²) in [5.41, 5.74) is -1.17. The Kier molecular flexibility index (Phi) is 5.28. The lowest BCUT2D eigenvalue weighted by molar-refractivity contribution is -0.136. The van der Waals surface area contributed by atoms with E-state index in [1.807, 2.05) is 0 Å². The number of urea groups is 1. The lowest BCUT2D eigenvalue weighted by Crippen LogP contribution is -2.38. The Labute approximate surface area is 126 Å². The van der Waals surface area contributed by atoms with Crippen LogP contribution in [-0.4, -0.2) is 23.8 Å². The SMILES string of the molecule is O=C(NC[C@H]1CCCC[C@H]1O)Nc1ccccc1C(F)(F)F. The maximum absolute atomic E-state index is 12.8. The van der Waals surface area contributed by atoms with Crippen LogP contribution in [0.25, 0.3) is 0 Å². The Hall–Kier alpha value is -1.76. The Morgan fingerprint density at radius 3 is 2.59 bits per heavy atom. The van der Waals surface area contributed by atoms with Crippen molar-refractivity contribution >= 4 is 11.7 Å². The summed E-state index contributed by atoms with van der Waals surface area (Å²) < 4.78 is 38.5. The minimum atomic E-state index is -4.52. The van der Waals surface area contributed by atoms with Crippen LogP contribution in [0.3, 0.4) is 0 Å². The van der Waals surface area contributed by atoms with E-state index in [9.17, 15) is 23.1 Å². The monoisotopic (exact) mass is 316 g/mol.